The molecule has 0 amide bonds. The number of rotatable bonds is 4. The number of aromatic amines is 2. The highest BCUT2D eigenvalue weighted by Crippen LogP contribution is 2.30. The van der Waals surface area contributed by atoms with Gasteiger partial charge in [0.15, 0.2) is 11.6 Å². The Balaban J connectivity index is 1.48. The standard InChI is InChI=1S/C23H20N10/c1-13-11-33(12-27-13)23-21-17(4-5-25-23)28-22(29-21)20-16-7-18(26-10-19(16)30-31-20)14-6-15(32(2)3)9-24-8-14/h4-12H,1-3H3,(H,28,29)(H,30,31). The van der Waals surface area contributed by atoms with Crippen LogP contribution in [0.5, 0.6) is 0 Å². The third-order valence-electron chi connectivity index (χ3n) is 5.55. The van der Waals surface area contributed by atoms with Crippen LogP contribution < -0.4 is 4.90 Å². The lowest BCUT2D eigenvalue weighted by Crippen LogP contribution is -2.08. The van der Waals surface area contributed by atoms with Crippen molar-refractivity contribution in [2.24, 2.45) is 0 Å². The number of H-pyrrole nitrogens is 2. The van der Waals surface area contributed by atoms with E-state index >= 15 is 0 Å². The van der Waals surface area contributed by atoms with Gasteiger partial charge in [-0.25, -0.2) is 15.0 Å². The summed E-state index contributed by atoms with van der Waals surface area (Å²) < 4.78 is 1.87. The predicted octanol–water partition coefficient (Wildman–Crippen LogP) is 3.52. The van der Waals surface area contributed by atoms with Crippen LogP contribution in [0.1, 0.15) is 5.69 Å². The number of fused-ring (bicyclic) bond motifs is 2. The summed E-state index contributed by atoms with van der Waals surface area (Å²) in [7, 11) is 3.97. The van der Waals surface area contributed by atoms with Gasteiger partial charge in [-0.1, -0.05) is 0 Å². The number of aromatic nitrogens is 9. The summed E-state index contributed by atoms with van der Waals surface area (Å²) in [5.74, 6) is 1.36. The van der Waals surface area contributed by atoms with Gasteiger partial charge in [0.05, 0.1) is 40.5 Å². The molecule has 0 spiro atoms. The Hall–Kier alpha value is -4.60. The first-order chi connectivity index (χ1) is 16.1. The van der Waals surface area contributed by atoms with Crippen molar-refractivity contribution in [1.29, 1.82) is 0 Å². The Bertz CT molecular complexity index is 1620. The van der Waals surface area contributed by atoms with E-state index in [1.807, 2.05) is 61.2 Å². The van der Waals surface area contributed by atoms with Crippen molar-refractivity contribution < 1.29 is 0 Å². The molecule has 0 bridgehead atoms. The molecule has 162 valence electrons. The molecule has 0 aliphatic heterocycles. The molecule has 0 atom stereocenters. The summed E-state index contributed by atoms with van der Waals surface area (Å²) in [6.45, 7) is 1.94. The van der Waals surface area contributed by atoms with E-state index in [1.165, 1.54) is 0 Å². The zero-order chi connectivity index (χ0) is 22.5. The number of aryl methyl sites for hydroxylation is 1. The topological polar surface area (TPSA) is 117 Å². The Morgan fingerprint density at radius 2 is 1.91 bits per heavy atom. The van der Waals surface area contributed by atoms with Gasteiger partial charge in [0.25, 0.3) is 0 Å². The fourth-order valence-electron chi connectivity index (χ4n) is 3.83. The van der Waals surface area contributed by atoms with Gasteiger partial charge in [-0.3, -0.25) is 19.6 Å². The Kier molecular flexibility index (Phi) is 4.19. The second kappa shape index (κ2) is 7.23. The summed E-state index contributed by atoms with van der Waals surface area (Å²) in [6, 6.07) is 5.97. The molecule has 6 rings (SSSR count). The molecule has 0 aromatic carbocycles. The summed E-state index contributed by atoms with van der Waals surface area (Å²) in [5.41, 5.74) is 6.83. The Labute approximate surface area is 188 Å². The molecule has 0 saturated carbocycles. The lowest BCUT2D eigenvalue weighted by atomic mass is 10.1. The highest BCUT2D eigenvalue weighted by atomic mass is 15.2. The van der Waals surface area contributed by atoms with Crippen LogP contribution in [-0.4, -0.2) is 58.8 Å². The van der Waals surface area contributed by atoms with Gasteiger partial charge in [-0.05, 0) is 25.1 Å². The number of nitrogens with one attached hydrogen (secondary N) is 2. The Morgan fingerprint density at radius 3 is 2.73 bits per heavy atom. The monoisotopic (exact) mass is 436 g/mol. The van der Waals surface area contributed by atoms with Gasteiger partial charge in [-0.15, -0.1) is 0 Å². The number of nitrogens with zero attached hydrogens (tertiary/aromatic N) is 8. The lowest BCUT2D eigenvalue weighted by Gasteiger charge is -2.12. The van der Waals surface area contributed by atoms with E-state index < -0.39 is 0 Å². The van der Waals surface area contributed by atoms with Gasteiger partial charge >= 0.3 is 0 Å². The first-order valence-electron chi connectivity index (χ1n) is 10.4. The third-order valence-corrected chi connectivity index (χ3v) is 5.55. The average molecular weight is 436 g/mol. The summed E-state index contributed by atoms with van der Waals surface area (Å²) in [5, 5.41) is 8.51. The SMILES string of the molecule is Cc1cn(-c2nccc3[nH]c(-c4n[nH]c5cnc(-c6cncc(N(C)C)c6)cc45)nc23)cn1. The van der Waals surface area contributed by atoms with Crippen molar-refractivity contribution in [3.8, 4) is 28.6 Å². The fourth-order valence-corrected chi connectivity index (χ4v) is 3.83. The summed E-state index contributed by atoms with van der Waals surface area (Å²) in [4.78, 5) is 28.0. The number of hydrogen-bond donors (Lipinski definition) is 2. The summed E-state index contributed by atoms with van der Waals surface area (Å²) in [6.07, 6.45) is 10.8. The molecular weight excluding hydrogens is 416 g/mol. The first kappa shape index (κ1) is 19.1. The predicted molar refractivity (Wildman–Crippen MR) is 126 cm³/mol. The van der Waals surface area contributed by atoms with Crippen molar-refractivity contribution in [2.45, 2.75) is 6.92 Å². The van der Waals surface area contributed by atoms with Crippen molar-refractivity contribution in [3.63, 3.8) is 0 Å². The van der Waals surface area contributed by atoms with Crippen LogP contribution in [0.15, 0.2) is 55.5 Å². The normalized spacial score (nSPS) is 11.5. The fraction of sp³-hybridized carbons (Fsp3) is 0.130. The maximum absolute atomic E-state index is 4.84. The number of pyridine rings is 3. The molecule has 10 heteroatoms. The number of imidazole rings is 2. The molecule has 10 nitrogen and oxygen atoms in total. The van der Waals surface area contributed by atoms with Gasteiger partial charge in [0.2, 0.25) is 0 Å². The zero-order valence-electron chi connectivity index (χ0n) is 18.3. The average Bonchev–Trinajstić information content (AvgIpc) is 3.55. The van der Waals surface area contributed by atoms with E-state index in [0.29, 0.717) is 17.3 Å². The minimum Gasteiger partial charge on any atom is -0.376 e. The lowest BCUT2D eigenvalue weighted by molar-refractivity contribution is 1.00. The molecule has 2 N–H and O–H groups in total. The van der Waals surface area contributed by atoms with E-state index in [-0.39, 0.29) is 0 Å². The maximum Gasteiger partial charge on any atom is 0.166 e. The van der Waals surface area contributed by atoms with Gasteiger partial charge < -0.3 is 9.88 Å². The first-order valence-corrected chi connectivity index (χ1v) is 10.4. The van der Waals surface area contributed by atoms with E-state index in [9.17, 15) is 0 Å². The quantitative estimate of drug-likeness (QED) is 0.434. The van der Waals surface area contributed by atoms with Gasteiger partial charge in [-0.2, -0.15) is 5.10 Å². The van der Waals surface area contributed by atoms with Crippen LogP contribution in [0, 0.1) is 6.92 Å². The molecule has 0 radical (unpaired) electrons. The maximum atomic E-state index is 4.84. The molecule has 0 unspecified atom stereocenters. The Morgan fingerprint density at radius 1 is 1.00 bits per heavy atom. The van der Waals surface area contributed by atoms with Gasteiger partial charge in [0, 0.05) is 43.6 Å². The van der Waals surface area contributed by atoms with E-state index in [2.05, 4.69) is 41.2 Å². The molecule has 0 saturated heterocycles. The largest absolute Gasteiger partial charge is 0.376 e. The van der Waals surface area contributed by atoms with Crippen LogP contribution in [0.25, 0.3) is 50.5 Å². The van der Waals surface area contributed by atoms with Crippen molar-refractivity contribution >= 4 is 27.6 Å². The molecule has 6 aromatic rings. The number of hydrogen-bond acceptors (Lipinski definition) is 7. The van der Waals surface area contributed by atoms with E-state index in [1.54, 1.807) is 18.7 Å². The minimum absolute atomic E-state index is 0.652. The smallest absolute Gasteiger partial charge is 0.166 e. The van der Waals surface area contributed by atoms with Crippen LogP contribution in [0.4, 0.5) is 5.69 Å². The van der Waals surface area contributed by atoms with E-state index in [0.717, 1.165) is 44.6 Å². The van der Waals surface area contributed by atoms with Crippen LogP contribution >= 0.6 is 0 Å². The highest BCUT2D eigenvalue weighted by Gasteiger charge is 2.17. The molecule has 6 aromatic heterocycles. The summed E-state index contributed by atoms with van der Waals surface area (Å²) >= 11 is 0. The molecular formula is C23H20N10. The zero-order valence-corrected chi connectivity index (χ0v) is 18.3. The van der Waals surface area contributed by atoms with Crippen LogP contribution in [0.2, 0.25) is 0 Å². The van der Waals surface area contributed by atoms with Gasteiger partial charge in [0.1, 0.15) is 17.5 Å². The van der Waals surface area contributed by atoms with Crippen LogP contribution in [-0.2, 0) is 0 Å². The molecule has 6 heterocycles. The molecule has 0 fully saturated rings. The highest BCUT2D eigenvalue weighted by molar-refractivity contribution is 5.95. The van der Waals surface area contributed by atoms with E-state index in [4.69, 9.17) is 4.98 Å². The molecule has 0 aliphatic carbocycles. The molecule has 33 heavy (non-hydrogen) atoms. The van der Waals surface area contributed by atoms with Crippen molar-refractivity contribution in [1.82, 2.24) is 44.7 Å². The number of anilines is 1. The van der Waals surface area contributed by atoms with Crippen molar-refractivity contribution in [3.05, 3.63) is 61.2 Å². The second-order valence-electron chi connectivity index (χ2n) is 8.05. The third kappa shape index (κ3) is 3.19. The molecule has 0 aliphatic rings. The van der Waals surface area contributed by atoms with Crippen LogP contribution in [0.3, 0.4) is 0 Å². The van der Waals surface area contributed by atoms with Crippen molar-refractivity contribution in [2.75, 3.05) is 19.0 Å². The minimum atomic E-state index is 0.652. The second-order valence-corrected chi connectivity index (χ2v) is 8.05.